The molecule has 0 atom stereocenters. The Labute approximate surface area is 141 Å². The lowest BCUT2D eigenvalue weighted by atomic mass is 10.1. The van der Waals surface area contributed by atoms with Gasteiger partial charge in [0, 0.05) is 6.54 Å². The number of halogens is 2. The Balaban J connectivity index is 0.00000220. The van der Waals surface area contributed by atoms with E-state index in [1.54, 1.807) is 0 Å². The van der Waals surface area contributed by atoms with Crippen LogP contribution in [0.25, 0.3) is 0 Å². The molecule has 0 bridgehead atoms. The molecular weight excluding hydrogens is 350 g/mol. The Kier molecular flexibility index (Phi) is 8.43. The van der Waals surface area contributed by atoms with Gasteiger partial charge in [0.1, 0.15) is 5.75 Å². The summed E-state index contributed by atoms with van der Waals surface area (Å²) in [6.45, 7) is 4.53. The Morgan fingerprint density at radius 2 is 1.81 bits per heavy atom. The van der Waals surface area contributed by atoms with E-state index in [4.69, 9.17) is 4.74 Å². The van der Waals surface area contributed by atoms with Gasteiger partial charge in [0.25, 0.3) is 0 Å². The van der Waals surface area contributed by atoms with Crippen molar-refractivity contribution in [3.63, 3.8) is 0 Å². The zero-order valence-electron chi connectivity index (χ0n) is 12.1. The van der Waals surface area contributed by atoms with Crippen LogP contribution in [0.4, 0.5) is 0 Å². The van der Waals surface area contributed by atoms with Gasteiger partial charge in [-0.05, 0) is 59.1 Å². The van der Waals surface area contributed by atoms with Crippen LogP contribution in [0.15, 0.2) is 53.0 Å². The van der Waals surface area contributed by atoms with Crippen LogP contribution < -0.4 is 10.1 Å². The molecule has 4 heteroatoms. The summed E-state index contributed by atoms with van der Waals surface area (Å²) < 4.78 is 6.52. The van der Waals surface area contributed by atoms with E-state index in [-0.39, 0.29) is 12.4 Å². The number of ether oxygens (including phenoxy) is 1. The third-order valence-electron chi connectivity index (χ3n) is 3.06. The summed E-state index contributed by atoms with van der Waals surface area (Å²) in [5.41, 5.74) is 2.63. The van der Waals surface area contributed by atoms with Crippen molar-refractivity contribution in [1.29, 1.82) is 0 Å². The highest BCUT2D eigenvalue weighted by atomic mass is 79.9. The summed E-state index contributed by atoms with van der Waals surface area (Å²) in [7, 11) is 0. The first-order valence-corrected chi connectivity index (χ1v) is 7.74. The number of hydrogen-bond acceptors (Lipinski definition) is 2. The highest BCUT2D eigenvalue weighted by molar-refractivity contribution is 9.10. The van der Waals surface area contributed by atoms with Crippen molar-refractivity contribution in [2.45, 2.75) is 19.9 Å². The lowest BCUT2D eigenvalue weighted by Gasteiger charge is -2.09. The van der Waals surface area contributed by atoms with E-state index in [0.29, 0.717) is 6.61 Å². The lowest BCUT2D eigenvalue weighted by molar-refractivity contribution is 0.338. The Bertz CT molecular complexity index is 534. The molecule has 1 N–H and O–H groups in total. The van der Waals surface area contributed by atoms with Gasteiger partial charge in [0.2, 0.25) is 0 Å². The van der Waals surface area contributed by atoms with Crippen molar-refractivity contribution in [2.75, 3.05) is 13.2 Å². The molecule has 0 amide bonds. The molecule has 114 valence electrons. The van der Waals surface area contributed by atoms with Gasteiger partial charge in [-0.25, -0.2) is 0 Å². The molecule has 0 spiro atoms. The Hall–Kier alpha value is -1.03. The summed E-state index contributed by atoms with van der Waals surface area (Å²) in [6, 6.07) is 16.8. The molecular formula is C17H21BrClNO. The Morgan fingerprint density at radius 3 is 2.48 bits per heavy atom. The highest BCUT2D eigenvalue weighted by Crippen LogP contribution is 2.25. The van der Waals surface area contributed by atoms with Crippen molar-refractivity contribution in [2.24, 2.45) is 0 Å². The molecule has 2 aromatic rings. The third kappa shape index (κ3) is 6.08. The maximum atomic E-state index is 5.51. The van der Waals surface area contributed by atoms with Gasteiger partial charge in [-0.15, -0.1) is 12.4 Å². The molecule has 0 aliphatic heterocycles. The standard InChI is InChI=1S/C17H20BrNO.ClH/c1-2-20-17-9-8-15(12-16(17)18)13-19-11-10-14-6-4-3-5-7-14;/h3-9,12,19H,2,10-11,13H2,1H3;1H. The Morgan fingerprint density at radius 1 is 1.05 bits per heavy atom. The maximum Gasteiger partial charge on any atom is 0.133 e. The van der Waals surface area contributed by atoms with Crippen LogP contribution >= 0.6 is 28.3 Å². The van der Waals surface area contributed by atoms with E-state index in [2.05, 4.69) is 57.6 Å². The molecule has 0 heterocycles. The van der Waals surface area contributed by atoms with E-state index in [9.17, 15) is 0 Å². The van der Waals surface area contributed by atoms with Crippen LogP contribution in [0.3, 0.4) is 0 Å². The van der Waals surface area contributed by atoms with E-state index in [1.165, 1.54) is 11.1 Å². The number of benzene rings is 2. The number of hydrogen-bond donors (Lipinski definition) is 1. The van der Waals surface area contributed by atoms with Gasteiger partial charge in [-0.1, -0.05) is 36.4 Å². The van der Waals surface area contributed by atoms with E-state index < -0.39 is 0 Å². The first-order valence-electron chi connectivity index (χ1n) is 6.95. The van der Waals surface area contributed by atoms with Gasteiger partial charge in [0.05, 0.1) is 11.1 Å². The molecule has 0 fully saturated rings. The smallest absolute Gasteiger partial charge is 0.133 e. The summed E-state index contributed by atoms with van der Waals surface area (Å²) in [6.07, 6.45) is 1.05. The number of nitrogens with one attached hydrogen (secondary N) is 1. The van der Waals surface area contributed by atoms with Gasteiger partial charge in [-0.3, -0.25) is 0 Å². The van der Waals surface area contributed by atoms with Gasteiger partial charge in [0.15, 0.2) is 0 Å². The van der Waals surface area contributed by atoms with Crippen molar-refractivity contribution < 1.29 is 4.74 Å². The van der Waals surface area contributed by atoms with E-state index >= 15 is 0 Å². The SMILES string of the molecule is CCOc1ccc(CNCCc2ccccc2)cc1Br.Cl. The second-order valence-corrected chi connectivity index (χ2v) is 5.46. The monoisotopic (exact) mass is 369 g/mol. The molecule has 0 aliphatic carbocycles. The van der Waals surface area contributed by atoms with Crippen molar-refractivity contribution in [3.8, 4) is 5.75 Å². The fourth-order valence-corrected chi connectivity index (χ4v) is 2.58. The predicted octanol–water partition coefficient (Wildman–Crippen LogP) is 4.60. The average Bonchev–Trinajstić information content (AvgIpc) is 2.48. The largest absolute Gasteiger partial charge is 0.493 e. The lowest BCUT2D eigenvalue weighted by Crippen LogP contribution is -2.16. The number of rotatable bonds is 7. The quantitative estimate of drug-likeness (QED) is 0.719. The van der Waals surface area contributed by atoms with Crippen LogP contribution in [0.1, 0.15) is 18.1 Å². The highest BCUT2D eigenvalue weighted by Gasteiger charge is 2.02. The normalized spacial score (nSPS) is 10.0. The minimum absolute atomic E-state index is 0. The summed E-state index contributed by atoms with van der Waals surface area (Å²) in [5, 5.41) is 3.47. The van der Waals surface area contributed by atoms with Gasteiger partial charge in [-0.2, -0.15) is 0 Å². The van der Waals surface area contributed by atoms with E-state index in [0.717, 1.165) is 29.7 Å². The molecule has 0 saturated heterocycles. The molecule has 21 heavy (non-hydrogen) atoms. The van der Waals surface area contributed by atoms with Crippen LogP contribution in [-0.4, -0.2) is 13.2 Å². The summed E-state index contributed by atoms with van der Waals surface area (Å²) in [4.78, 5) is 0. The zero-order valence-corrected chi connectivity index (χ0v) is 14.5. The molecule has 2 aromatic carbocycles. The van der Waals surface area contributed by atoms with Gasteiger partial charge < -0.3 is 10.1 Å². The summed E-state index contributed by atoms with van der Waals surface area (Å²) in [5.74, 6) is 0.903. The zero-order chi connectivity index (χ0) is 14.2. The van der Waals surface area contributed by atoms with Crippen LogP contribution in [0.5, 0.6) is 5.75 Å². The minimum Gasteiger partial charge on any atom is -0.493 e. The molecule has 0 radical (unpaired) electrons. The van der Waals surface area contributed by atoms with Crippen molar-refractivity contribution in [3.05, 3.63) is 64.1 Å². The van der Waals surface area contributed by atoms with Crippen molar-refractivity contribution >= 4 is 28.3 Å². The molecule has 0 aliphatic rings. The fourth-order valence-electron chi connectivity index (χ4n) is 2.04. The molecule has 0 saturated carbocycles. The van der Waals surface area contributed by atoms with Crippen LogP contribution in [-0.2, 0) is 13.0 Å². The second kappa shape index (κ2) is 9.82. The molecule has 0 unspecified atom stereocenters. The molecule has 2 rings (SSSR count). The topological polar surface area (TPSA) is 21.3 Å². The minimum atomic E-state index is 0. The third-order valence-corrected chi connectivity index (χ3v) is 3.68. The van der Waals surface area contributed by atoms with Gasteiger partial charge >= 0.3 is 0 Å². The molecule has 2 nitrogen and oxygen atoms in total. The first kappa shape index (κ1) is 18.0. The predicted molar refractivity (Wildman–Crippen MR) is 94.4 cm³/mol. The average molecular weight is 371 g/mol. The second-order valence-electron chi connectivity index (χ2n) is 4.61. The summed E-state index contributed by atoms with van der Waals surface area (Å²) >= 11 is 3.54. The van der Waals surface area contributed by atoms with Crippen LogP contribution in [0, 0.1) is 0 Å². The fraction of sp³-hybridized carbons (Fsp3) is 0.294. The molecule has 0 aromatic heterocycles. The maximum absolute atomic E-state index is 5.51. The van der Waals surface area contributed by atoms with Crippen LogP contribution in [0.2, 0.25) is 0 Å². The first-order chi connectivity index (χ1) is 9.79. The van der Waals surface area contributed by atoms with Crippen molar-refractivity contribution in [1.82, 2.24) is 5.32 Å². The van der Waals surface area contributed by atoms with E-state index in [1.807, 2.05) is 19.1 Å².